The first-order valence-electron chi connectivity index (χ1n) is 6.64. The molecule has 2 aromatic carbocycles. The summed E-state index contributed by atoms with van der Waals surface area (Å²) in [4.78, 5) is 0. The molecule has 0 aliphatic heterocycles. The van der Waals surface area contributed by atoms with Crippen LogP contribution < -0.4 is 4.74 Å². The summed E-state index contributed by atoms with van der Waals surface area (Å²) in [6, 6.07) is 12.7. The van der Waals surface area contributed by atoms with Gasteiger partial charge in [0.2, 0.25) is 0 Å². The van der Waals surface area contributed by atoms with E-state index in [0.717, 1.165) is 16.9 Å². The van der Waals surface area contributed by atoms with Crippen LogP contribution in [0.4, 0.5) is 4.39 Å². The summed E-state index contributed by atoms with van der Waals surface area (Å²) in [5.74, 6) is 0.579. The van der Waals surface area contributed by atoms with Crippen LogP contribution in [0.25, 0.3) is 0 Å². The Labute approximate surface area is 124 Å². The second-order valence-corrected chi connectivity index (χ2v) is 5.54. The number of hydrogen-bond donors (Lipinski definition) is 0. The average Bonchev–Trinajstić information content (AvgIpc) is 2.41. The van der Waals surface area contributed by atoms with Crippen LogP contribution in [0.2, 0.25) is 0 Å². The van der Waals surface area contributed by atoms with Crippen molar-refractivity contribution in [1.82, 2.24) is 0 Å². The number of benzene rings is 2. The van der Waals surface area contributed by atoms with E-state index in [1.807, 2.05) is 44.2 Å². The first kappa shape index (κ1) is 14.9. The molecule has 0 amide bonds. The van der Waals surface area contributed by atoms with E-state index in [9.17, 15) is 4.39 Å². The lowest BCUT2D eigenvalue weighted by atomic mass is 10.0. The summed E-state index contributed by atoms with van der Waals surface area (Å²) in [7, 11) is 0. The van der Waals surface area contributed by atoms with Gasteiger partial charge in [0.15, 0.2) is 0 Å². The molecule has 20 heavy (non-hydrogen) atoms. The normalized spacial score (nSPS) is 12.5. The molecule has 2 aromatic rings. The van der Waals surface area contributed by atoms with Crippen molar-refractivity contribution in [2.75, 3.05) is 0 Å². The maximum atomic E-state index is 13.6. The number of hydrogen-bond acceptors (Lipinski definition) is 1. The van der Waals surface area contributed by atoms with Crippen LogP contribution >= 0.6 is 11.6 Å². The summed E-state index contributed by atoms with van der Waals surface area (Å²) in [5.41, 5.74) is 2.30. The van der Waals surface area contributed by atoms with Crippen LogP contribution in [0.15, 0.2) is 42.5 Å². The van der Waals surface area contributed by atoms with Crippen molar-refractivity contribution in [3.63, 3.8) is 0 Å². The fourth-order valence-corrected chi connectivity index (χ4v) is 2.23. The minimum Gasteiger partial charge on any atom is -0.491 e. The first-order valence-corrected chi connectivity index (χ1v) is 7.07. The minimum atomic E-state index is -0.363. The van der Waals surface area contributed by atoms with Crippen LogP contribution in [0.5, 0.6) is 5.75 Å². The lowest BCUT2D eigenvalue weighted by Gasteiger charge is -2.13. The fourth-order valence-electron chi connectivity index (χ4n) is 1.95. The summed E-state index contributed by atoms with van der Waals surface area (Å²) in [6.45, 7) is 5.70. The quantitative estimate of drug-likeness (QED) is 0.699. The summed E-state index contributed by atoms with van der Waals surface area (Å²) in [6.07, 6.45) is 0.138. The van der Waals surface area contributed by atoms with Crippen molar-refractivity contribution >= 4 is 11.6 Å². The molecule has 1 atom stereocenters. The molecular weight excluding hydrogens is 275 g/mol. The van der Waals surface area contributed by atoms with Crippen molar-refractivity contribution in [2.45, 2.75) is 32.3 Å². The van der Waals surface area contributed by atoms with Gasteiger partial charge in [0.1, 0.15) is 11.6 Å². The highest BCUT2D eigenvalue weighted by molar-refractivity contribution is 6.22. The van der Waals surface area contributed by atoms with Crippen LogP contribution in [-0.4, -0.2) is 6.10 Å². The molecule has 0 aliphatic rings. The molecule has 3 heteroatoms. The standard InChI is InChI=1S/C17H18ClFO/c1-11(2)20-15-8-6-13(7-9-15)17(18)14-5-4-12(3)16(19)10-14/h4-11,17H,1-3H3. The molecule has 0 spiro atoms. The number of halogens is 2. The summed E-state index contributed by atoms with van der Waals surface area (Å²) < 4.78 is 19.2. The maximum Gasteiger partial charge on any atom is 0.126 e. The van der Waals surface area contributed by atoms with Crippen LogP contribution in [0, 0.1) is 12.7 Å². The molecule has 2 rings (SSSR count). The molecule has 0 saturated heterocycles. The van der Waals surface area contributed by atoms with Gasteiger partial charge in [-0.05, 0) is 55.7 Å². The van der Waals surface area contributed by atoms with Crippen LogP contribution in [0.1, 0.15) is 35.9 Å². The SMILES string of the molecule is Cc1ccc(C(Cl)c2ccc(OC(C)C)cc2)cc1F. The highest BCUT2D eigenvalue weighted by Crippen LogP contribution is 2.30. The van der Waals surface area contributed by atoms with Gasteiger partial charge < -0.3 is 4.74 Å². The Balaban J connectivity index is 2.20. The largest absolute Gasteiger partial charge is 0.491 e. The third kappa shape index (κ3) is 3.51. The molecule has 0 aromatic heterocycles. The third-order valence-corrected chi connectivity index (χ3v) is 3.54. The zero-order valence-corrected chi connectivity index (χ0v) is 12.6. The zero-order chi connectivity index (χ0) is 14.7. The monoisotopic (exact) mass is 292 g/mol. The van der Waals surface area contributed by atoms with Crippen molar-refractivity contribution in [1.29, 1.82) is 0 Å². The van der Waals surface area contributed by atoms with E-state index in [1.165, 1.54) is 6.07 Å². The molecule has 0 aliphatic carbocycles. The van der Waals surface area contributed by atoms with Crippen LogP contribution in [0.3, 0.4) is 0 Å². The van der Waals surface area contributed by atoms with Crippen molar-refractivity contribution in [2.24, 2.45) is 0 Å². The van der Waals surface area contributed by atoms with Gasteiger partial charge in [0.25, 0.3) is 0 Å². The van der Waals surface area contributed by atoms with E-state index in [2.05, 4.69) is 0 Å². The van der Waals surface area contributed by atoms with Gasteiger partial charge in [-0.25, -0.2) is 4.39 Å². The van der Waals surface area contributed by atoms with E-state index < -0.39 is 0 Å². The highest BCUT2D eigenvalue weighted by Gasteiger charge is 2.12. The topological polar surface area (TPSA) is 9.23 Å². The molecule has 0 fully saturated rings. The third-order valence-electron chi connectivity index (χ3n) is 3.03. The maximum absolute atomic E-state index is 13.6. The van der Waals surface area contributed by atoms with Crippen LogP contribution in [-0.2, 0) is 0 Å². The second-order valence-electron chi connectivity index (χ2n) is 5.11. The molecule has 1 nitrogen and oxygen atoms in total. The first-order chi connectivity index (χ1) is 9.47. The second kappa shape index (κ2) is 6.27. The lowest BCUT2D eigenvalue weighted by molar-refractivity contribution is 0.242. The van der Waals surface area contributed by atoms with Gasteiger partial charge in [-0.1, -0.05) is 24.3 Å². The number of alkyl halides is 1. The summed E-state index contributed by atoms with van der Waals surface area (Å²) in [5, 5.41) is -0.363. The molecular formula is C17H18ClFO. The fraction of sp³-hybridized carbons (Fsp3) is 0.294. The summed E-state index contributed by atoms with van der Waals surface area (Å²) >= 11 is 6.41. The highest BCUT2D eigenvalue weighted by atomic mass is 35.5. The Bertz CT molecular complexity index is 578. The molecule has 0 N–H and O–H groups in total. The Morgan fingerprint density at radius 2 is 1.60 bits per heavy atom. The van der Waals surface area contributed by atoms with Gasteiger partial charge >= 0.3 is 0 Å². The predicted octanol–water partition coefficient (Wildman–Crippen LogP) is 5.25. The Morgan fingerprint density at radius 1 is 1.00 bits per heavy atom. The Hall–Kier alpha value is -1.54. The van der Waals surface area contributed by atoms with Gasteiger partial charge in [0.05, 0.1) is 11.5 Å². The van der Waals surface area contributed by atoms with Crippen molar-refractivity contribution < 1.29 is 9.13 Å². The van der Waals surface area contributed by atoms with Gasteiger partial charge in [-0.3, -0.25) is 0 Å². The van der Waals surface area contributed by atoms with Gasteiger partial charge in [-0.2, -0.15) is 0 Å². The number of ether oxygens (including phenoxy) is 1. The Morgan fingerprint density at radius 3 is 2.15 bits per heavy atom. The molecule has 0 radical (unpaired) electrons. The molecule has 1 unspecified atom stereocenters. The number of aryl methyl sites for hydroxylation is 1. The zero-order valence-electron chi connectivity index (χ0n) is 11.9. The molecule has 0 saturated carbocycles. The van der Waals surface area contributed by atoms with E-state index >= 15 is 0 Å². The predicted molar refractivity (Wildman–Crippen MR) is 81.0 cm³/mol. The van der Waals surface area contributed by atoms with Crippen molar-refractivity contribution in [3.8, 4) is 5.75 Å². The molecule has 0 bridgehead atoms. The number of rotatable bonds is 4. The Kier molecular flexibility index (Phi) is 4.66. The van der Waals surface area contributed by atoms with E-state index in [4.69, 9.17) is 16.3 Å². The van der Waals surface area contributed by atoms with E-state index in [0.29, 0.717) is 5.56 Å². The van der Waals surface area contributed by atoms with Gasteiger partial charge in [-0.15, -0.1) is 11.6 Å². The van der Waals surface area contributed by atoms with E-state index in [1.54, 1.807) is 13.0 Å². The molecule has 0 heterocycles. The molecule has 106 valence electrons. The van der Waals surface area contributed by atoms with Gasteiger partial charge in [0, 0.05) is 0 Å². The van der Waals surface area contributed by atoms with E-state index in [-0.39, 0.29) is 17.3 Å². The average molecular weight is 293 g/mol. The minimum absolute atomic E-state index is 0.138. The smallest absolute Gasteiger partial charge is 0.126 e. The van der Waals surface area contributed by atoms with Crippen molar-refractivity contribution in [3.05, 3.63) is 65.0 Å². The lowest BCUT2D eigenvalue weighted by Crippen LogP contribution is -2.05.